The smallest absolute Gasteiger partial charge is 0.263 e. The number of carbonyl (C=O) groups is 1. The molecule has 168 valence electrons. The fourth-order valence-electron chi connectivity index (χ4n) is 4.20. The Morgan fingerprint density at radius 2 is 2.09 bits per heavy atom. The zero-order chi connectivity index (χ0) is 23.2. The fourth-order valence-corrected chi connectivity index (χ4v) is 6.62. The summed E-state index contributed by atoms with van der Waals surface area (Å²) in [6.45, 7) is 6.42. The van der Waals surface area contributed by atoms with E-state index >= 15 is 0 Å². The molecule has 1 atom stereocenters. The maximum Gasteiger partial charge on any atom is 0.263 e. The molecular formula is C23H27N5O2S2. The van der Waals surface area contributed by atoms with Gasteiger partial charge >= 0.3 is 0 Å². The van der Waals surface area contributed by atoms with Crippen LogP contribution >= 0.6 is 22.7 Å². The number of nitrogens with one attached hydrogen (secondary N) is 1. The molecule has 1 amide bonds. The summed E-state index contributed by atoms with van der Waals surface area (Å²) in [6, 6.07) is 2.28. The molecule has 0 bridgehead atoms. The van der Waals surface area contributed by atoms with Crippen LogP contribution in [0.25, 0.3) is 10.2 Å². The van der Waals surface area contributed by atoms with Gasteiger partial charge < -0.3 is 10.2 Å². The Balaban J connectivity index is 1.68. The third-order valence-corrected chi connectivity index (χ3v) is 8.27. The minimum atomic E-state index is -0.319. The summed E-state index contributed by atoms with van der Waals surface area (Å²) in [5.74, 6) is 0.822. The third kappa shape index (κ3) is 4.10. The molecule has 0 spiro atoms. The number of nitriles is 1. The molecule has 0 fully saturated rings. The molecule has 0 aromatic carbocycles. The monoisotopic (exact) mass is 469 g/mol. The van der Waals surface area contributed by atoms with E-state index in [0.717, 1.165) is 35.3 Å². The van der Waals surface area contributed by atoms with Gasteiger partial charge in [0.25, 0.3) is 5.56 Å². The van der Waals surface area contributed by atoms with Crippen LogP contribution in [0.1, 0.15) is 45.6 Å². The molecule has 7 nitrogen and oxygen atoms in total. The Hall–Kier alpha value is -2.54. The summed E-state index contributed by atoms with van der Waals surface area (Å²) in [5, 5.41) is 13.8. The van der Waals surface area contributed by atoms with Gasteiger partial charge in [-0.2, -0.15) is 5.26 Å². The van der Waals surface area contributed by atoms with E-state index in [2.05, 4.69) is 18.3 Å². The molecular weight excluding hydrogens is 442 g/mol. The number of hydrogen-bond acceptors (Lipinski definition) is 7. The Labute approximate surface area is 195 Å². The number of anilines is 1. The van der Waals surface area contributed by atoms with Gasteiger partial charge in [0.15, 0.2) is 0 Å². The van der Waals surface area contributed by atoms with Crippen molar-refractivity contribution >= 4 is 43.8 Å². The van der Waals surface area contributed by atoms with Crippen LogP contribution in [0, 0.1) is 31.1 Å². The second-order valence-electron chi connectivity index (χ2n) is 8.84. The van der Waals surface area contributed by atoms with Crippen molar-refractivity contribution in [3.63, 3.8) is 0 Å². The summed E-state index contributed by atoms with van der Waals surface area (Å²) in [5.41, 5.74) is 2.37. The molecule has 3 aromatic heterocycles. The first kappa shape index (κ1) is 22.6. The quantitative estimate of drug-likeness (QED) is 0.613. The molecule has 0 radical (unpaired) electrons. The number of thiophene rings is 2. The van der Waals surface area contributed by atoms with Crippen LogP contribution in [0.5, 0.6) is 0 Å². The zero-order valence-corrected chi connectivity index (χ0v) is 20.7. The van der Waals surface area contributed by atoms with Gasteiger partial charge in [0.05, 0.1) is 17.5 Å². The van der Waals surface area contributed by atoms with Crippen molar-refractivity contribution in [2.24, 2.45) is 5.92 Å². The van der Waals surface area contributed by atoms with Crippen molar-refractivity contribution in [1.82, 2.24) is 14.5 Å². The van der Waals surface area contributed by atoms with E-state index in [9.17, 15) is 14.9 Å². The molecule has 1 unspecified atom stereocenters. The first-order valence-electron chi connectivity index (χ1n) is 10.7. The highest BCUT2D eigenvalue weighted by molar-refractivity contribution is 7.18. The minimum Gasteiger partial charge on any atom is -0.315 e. The summed E-state index contributed by atoms with van der Waals surface area (Å²) in [7, 11) is 3.81. The second-order valence-corrected chi connectivity index (χ2v) is 11.1. The molecule has 1 aliphatic rings. The molecule has 3 aromatic rings. The van der Waals surface area contributed by atoms with Gasteiger partial charge in [-0.3, -0.25) is 14.2 Å². The largest absolute Gasteiger partial charge is 0.315 e. The van der Waals surface area contributed by atoms with Crippen LogP contribution in [0.15, 0.2) is 4.79 Å². The first-order valence-corrected chi connectivity index (χ1v) is 12.3. The van der Waals surface area contributed by atoms with Crippen LogP contribution in [0.2, 0.25) is 0 Å². The van der Waals surface area contributed by atoms with Crippen LogP contribution in [0.4, 0.5) is 5.00 Å². The standard InChI is InChI=1S/C23H27N5O2S2/c1-12-6-7-15-16(9-24)21(32-17(15)8-12)26-19(29)11-28-18(10-27(4)5)25-22-20(23(28)30)13(2)14(3)31-22/h12H,6-8,10-11H2,1-5H3,(H,26,29). The lowest BCUT2D eigenvalue weighted by Crippen LogP contribution is -2.32. The van der Waals surface area contributed by atoms with Crippen molar-refractivity contribution in [1.29, 1.82) is 5.26 Å². The summed E-state index contributed by atoms with van der Waals surface area (Å²) in [6.07, 6.45) is 2.87. The Kier molecular flexibility index (Phi) is 6.21. The van der Waals surface area contributed by atoms with Crippen LogP contribution < -0.4 is 10.9 Å². The number of aromatic nitrogens is 2. The Bertz CT molecular complexity index is 1310. The minimum absolute atomic E-state index is 0.136. The van der Waals surface area contributed by atoms with Crippen LogP contribution in [-0.4, -0.2) is 34.5 Å². The Morgan fingerprint density at radius 1 is 1.34 bits per heavy atom. The van der Waals surface area contributed by atoms with Gasteiger partial charge in [0.2, 0.25) is 5.91 Å². The highest BCUT2D eigenvalue weighted by atomic mass is 32.1. The van der Waals surface area contributed by atoms with Crippen molar-refractivity contribution < 1.29 is 4.79 Å². The summed E-state index contributed by atoms with van der Waals surface area (Å²) >= 11 is 3.00. The number of rotatable bonds is 5. The van der Waals surface area contributed by atoms with Crippen molar-refractivity contribution in [2.75, 3.05) is 19.4 Å². The summed E-state index contributed by atoms with van der Waals surface area (Å²) in [4.78, 5) is 36.0. The van der Waals surface area contributed by atoms with E-state index in [-0.39, 0.29) is 18.0 Å². The van der Waals surface area contributed by atoms with Crippen LogP contribution in [-0.2, 0) is 30.7 Å². The van der Waals surface area contributed by atoms with E-state index < -0.39 is 0 Å². The maximum atomic E-state index is 13.4. The lowest BCUT2D eigenvalue weighted by atomic mass is 9.89. The van der Waals surface area contributed by atoms with E-state index in [0.29, 0.717) is 39.1 Å². The van der Waals surface area contributed by atoms with Gasteiger partial charge in [-0.1, -0.05) is 6.92 Å². The van der Waals surface area contributed by atoms with Gasteiger partial charge in [-0.05, 0) is 64.3 Å². The first-order chi connectivity index (χ1) is 15.2. The average molecular weight is 470 g/mol. The third-order valence-electron chi connectivity index (χ3n) is 6.00. The van der Waals surface area contributed by atoms with Crippen molar-refractivity contribution in [3.05, 3.63) is 42.6 Å². The van der Waals surface area contributed by atoms with Crippen LogP contribution in [0.3, 0.4) is 0 Å². The summed E-state index contributed by atoms with van der Waals surface area (Å²) < 4.78 is 1.47. The SMILES string of the molecule is Cc1sc2nc(CN(C)C)n(CC(=O)Nc3sc4c(c3C#N)CCC(C)C4)c(=O)c2c1C. The number of amides is 1. The van der Waals surface area contributed by atoms with E-state index in [1.807, 2.05) is 32.8 Å². The second kappa shape index (κ2) is 8.77. The van der Waals surface area contributed by atoms with Gasteiger partial charge in [0, 0.05) is 9.75 Å². The van der Waals surface area contributed by atoms with E-state index in [1.165, 1.54) is 32.1 Å². The fraction of sp³-hybridized carbons (Fsp3) is 0.478. The molecule has 1 aliphatic carbocycles. The number of carbonyl (C=O) groups excluding carboxylic acids is 1. The zero-order valence-electron chi connectivity index (χ0n) is 19.0. The topological polar surface area (TPSA) is 91.0 Å². The lowest BCUT2D eigenvalue weighted by molar-refractivity contribution is -0.116. The Morgan fingerprint density at radius 3 is 2.78 bits per heavy atom. The molecule has 3 heterocycles. The van der Waals surface area contributed by atoms with Crippen molar-refractivity contribution in [2.45, 2.75) is 53.1 Å². The maximum absolute atomic E-state index is 13.4. The lowest BCUT2D eigenvalue weighted by Gasteiger charge is -2.17. The molecule has 9 heteroatoms. The predicted molar refractivity (Wildman–Crippen MR) is 130 cm³/mol. The van der Waals surface area contributed by atoms with Crippen molar-refractivity contribution in [3.8, 4) is 6.07 Å². The molecule has 0 aliphatic heterocycles. The van der Waals surface area contributed by atoms with Gasteiger partial charge in [-0.25, -0.2) is 4.98 Å². The van der Waals surface area contributed by atoms with E-state index in [1.54, 1.807) is 0 Å². The molecule has 0 saturated heterocycles. The number of hydrogen-bond donors (Lipinski definition) is 1. The highest BCUT2D eigenvalue weighted by Crippen LogP contribution is 2.39. The number of fused-ring (bicyclic) bond motifs is 2. The average Bonchev–Trinajstić information content (AvgIpc) is 3.19. The number of aryl methyl sites for hydroxylation is 2. The molecule has 1 N–H and O–H groups in total. The van der Waals surface area contributed by atoms with E-state index in [4.69, 9.17) is 4.98 Å². The highest BCUT2D eigenvalue weighted by Gasteiger charge is 2.25. The predicted octanol–water partition coefficient (Wildman–Crippen LogP) is 3.83. The molecule has 32 heavy (non-hydrogen) atoms. The molecule has 4 rings (SSSR count). The normalized spacial score (nSPS) is 15.7. The van der Waals surface area contributed by atoms with Gasteiger partial charge in [-0.15, -0.1) is 22.7 Å². The van der Waals surface area contributed by atoms with Gasteiger partial charge in [0.1, 0.15) is 28.3 Å². The molecule has 0 saturated carbocycles. The number of nitrogens with zero attached hydrogens (tertiary/aromatic N) is 4.